The molecule has 1 fully saturated rings. The summed E-state index contributed by atoms with van der Waals surface area (Å²) in [5.41, 5.74) is 1.87. The summed E-state index contributed by atoms with van der Waals surface area (Å²) in [6.45, 7) is 3.87. The molecule has 1 saturated heterocycles. The van der Waals surface area contributed by atoms with Crippen molar-refractivity contribution in [1.29, 1.82) is 0 Å². The lowest BCUT2D eigenvalue weighted by Gasteiger charge is -2.25. The smallest absolute Gasteiger partial charge is 0.227 e. The molecular formula is C13H14ClN3O. The summed E-state index contributed by atoms with van der Waals surface area (Å²) in [4.78, 5) is 2.20. The SMILES string of the molecule is Clc1ccc(-c2cc(N3CCNCC3)on2)cc1. The Hall–Kier alpha value is -1.52. The highest BCUT2D eigenvalue weighted by Crippen LogP contribution is 2.25. The van der Waals surface area contributed by atoms with E-state index >= 15 is 0 Å². The highest BCUT2D eigenvalue weighted by atomic mass is 35.5. The van der Waals surface area contributed by atoms with Gasteiger partial charge in [0.15, 0.2) is 0 Å². The molecule has 2 heterocycles. The molecule has 2 aromatic rings. The van der Waals surface area contributed by atoms with Crippen LogP contribution in [-0.2, 0) is 0 Å². The third-order valence-electron chi connectivity index (χ3n) is 3.07. The average molecular weight is 264 g/mol. The van der Waals surface area contributed by atoms with Gasteiger partial charge in [-0.1, -0.05) is 28.9 Å². The van der Waals surface area contributed by atoms with E-state index in [1.165, 1.54) is 0 Å². The fourth-order valence-corrected chi connectivity index (χ4v) is 2.18. The van der Waals surface area contributed by atoms with Gasteiger partial charge in [-0.05, 0) is 12.1 Å². The number of hydrogen-bond acceptors (Lipinski definition) is 4. The van der Waals surface area contributed by atoms with E-state index in [4.69, 9.17) is 16.1 Å². The third-order valence-corrected chi connectivity index (χ3v) is 3.32. The van der Waals surface area contributed by atoms with Gasteiger partial charge in [-0.3, -0.25) is 0 Å². The van der Waals surface area contributed by atoms with E-state index in [1.54, 1.807) is 0 Å². The number of nitrogens with one attached hydrogen (secondary N) is 1. The van der Waals surface area contributed by atoms with Crippen LogP contribution in [0.3, 0.4) is 0 Å². The van der Waals surface area contributed by atoms with Crippen LogP contribution in [0, 0.1) is 0 Å². The van der Waals surface area contributed by atoms with Crippen molar-refractivity contribution in [3.63, 3.8) is 0 Å². The van der Waals surface area contributed by atoms with Crippen LogP contribution in [0.15, 0.2) is 34.9 Å². The van der Waals surface area contributed by atoms with E-state index < -0.39 is 0 Å². The van der Waals surface area contributed by atoms with Crippen LogP contribution < -0.4 is 10.2 Å². The largest absolute Gasteiger partial charge is 0.338 e. The molecule has 0 atom stereocenters. The Kier molecular flexibility index (Phi) is 3.21. The second-order valence-corrected chi connectivity index (χ2v) is 4.73. The fraction of sp³-hybridized carbons (Fsp3) is 0.308. The first kappa shape index (κ1) is 11.6. The van der Waals surface area contributed by atoms with Gasteiger partial charge in [-0.2, -0.15) is 0 Å². The van der Waals surface area contributed by atoms with Crippen molar-refractivity contribution in [2.75, 3.05) is 31.1 Å². The maximum atomic E-state index is 5.87. The summed E-state index contributed by atoms with van der Waals surface area (Å²) >= 11 is 5.87. The Bertz CT molecular complexity index is 517. The predicted molar refractivity (Wildman–Crippen MR) is 72.0 cm³/mol. The number of anilines is 1. The van der Waals surface area contributed by atoms with Gasteiger partial charge in [0.25, 0.3) is 0 Å². The standard InChI is InChI=1S/C13H14ClN3O/c14-11-3-1-10(2-4-11)12-9-13(18-16-12)17-7-5-15-6-8-17/h1-4,9,15H,5-8H2. The Morgan fingerprint density at radius 3 is 2.61 bits per heavy atom. The lowest BCUT2D eigenvalue weighted by molar-refractivity contribution is 0.409. The summed E-state index contributed by atoms with van der Waals surface area (Å²) < 4.78 is 5.40. The van der Waals surface area contributed by atoms with Crippen molar-refractivity contribution in [1.82, 2.24) is 10.5 Å². The first-order chi connectivity index (χ1) is 8.83. The zero-order chi connectivity index (χ0) is 12.4. The molecule has 0 amide bonds. The van der Waals surface area contributed by atoms with Crippen molar-refractivity contribution < 1.29 is 4.52 Å². The molecule has 18 heavy (non-hydrogen) atoms. The van der Waals surface area contributed by atoms with E-state index in [9.17, 15) is 0 Å². The second kappa shape index (κ2) is 5.00. The summed E-state index contributed by atoms with van der Waals surface area (Å²) in [6.07, 6.45) is 0. The number of halogens is 1. The molecule has 1 aliphatic rings. The van der Waals surface area contributed by atoms with Crippen LogP contribution in [0.2, 0.25) is 5.02 Å². The summed E-state index contributed by atoms with van der Waals surface area (Å²) in [5, 5.41) is 8.15. The van der Waals surface area contributed by atoms with E-state index in [-0.39, 0.29) is 0 Å². The molecule has 1 N–H and O–H groups in total. The Morgan fingerprint density at radius 2 is 1.89 bits per heavy atom. The highest BCUT2D eigenvalue weighted by molar-refractivity contribution is 6.30. The zero-order valence-electron chi connectivity index (χ0n) is 9.90. The highest BCUT2D eigenvalue weighted by Gasteiger charge is 2.15. The monoisotopic (exact) mass is 263 g/mol. The van der Waals surface area contributed by atoms with Crippen molar-refractivity contribution in [2.45, 2.75) is 0 Å². The van der Waals surface area contributed by atoms with Gasteiger partial charge < -0.3 is 14.7 Å². The third kappa shape index (κ3) is 2.35. The number of aromatic nitrogens is 1. The van der Waals surface area contributed by atoms with Crippen molar-refractivity contribution >= 4 is 17.5 Å². The number of hydrogen-bond donors (Lipinski definition) is 1. The van der Waals surface area contributed by atoms with Crippen molar-refractivity contribution in [3.05, 3.63) is 35.4 Å². The van der Waals surface area contributed by atoms with Gasteiger partial charge in [-0.15, -0.1) is 0 Å². The number of rotatable bonds is 2. The average Bonchev–Trinajstić information content (AvgIpc) is 2.90. The minimum Gasteiger partial charge on any atom is -0.338 e. The summed E-state index contributed by atoms with van der Waals surface area (Å²) in [5.74, 6) is 0.835. The number of piperazine rings is 1. The molecule has 1 aromatic heterocycles. The minimum absolute atomic E-state index is 0.726. The lowest BCUT2D eigenvalue weighted by atomic mass is 10.1. The molecular weight excluding hydrogens is 250 g/mol. The molecule has 0 bridgehead atoms. The Morgan fingerprint density at radius 1 is 1.17 bits per heavy atom. The number of nitrogens with zero attached hydrogens (tertiary/aromatic N) is 2. The second-order valence-electron chi connectivity index (χ2n) is 4.29. The molecule has 0 unspecified atom stereocenters. The Labute approximate surface area is 111 Å². The first-order valence-corrected chi connectivity index (χ1v) is 6.39. The van der Waals surface area contributed by atoms with Crippen molar-refractivity contribution in [3.8, 4) is 11.3 Å². The topological polar surface area (TPSA) is 41.3 Å². The molecule has 0 radical (unpaired) electrons. The Balaban J connectivity index is 1.82. The van der Waals surface area contributed by atoms with E-state index in [2.05, 4.69) is 15.4 Å². The van der Waals surface area contributed by atoms with Gasteiger partial charge in [-0.25, -0.2) is 0 Å². The van der Waals surface area contributed by atoms with Crippen LogP contribution in [-0.4, -0.2) is 31.3 Å². The van der Waals surface area contributed by atoms with E-state index in [0.29, 0.717) is 0 Å². The molecule has 0 aliphatic carbocycles. The fourth-order valence-electron chi connectivity index (χ4n) is 2.06. The molecule has 3 rings (SSSR count). The van der Waals surface area contributed by atoms with E-state index in [0.717, 1.165) is 48.3 Å². The predicted octanol–water partition coefficient (Wildman–Crippen LogP) is 2.40. The van der Waals surface area contributed by atoms with Crippen LogP contribution >= 0.6 is 11.6 Å². The molecule has 94 valence electrons. The number of benzene rings is 1. The van der Waals surface area contributed by atoms with Crippen LogP contribution in [0.1, 0.15) is 0 Å². The summed E-state index contributed by atoms with van der Waals surface area (Å²) in [6, 6.07) is 9.59. The normalized spacial score (nSPS) is 15.9. The van der Waals surface area contributed by atoms with Gasteiger partial charge in [0.2, 0.25) is 5.88 Å². The van der Waals surface area contributed by atoms with Gasteiger partial charge in [0.1, 0.15) is 5.69 Å². The van der Waals surface area contributed by atoms with Crippen LogP contribution in [0.4, 0.5) is 5.88 Å². The maximum absolute atomic E-state index is 5.87. The van der Waals surface area contributed by atoms with E-state index in [1.807, 2.05) is 30.3 Å². The molecule has 5 heteroatoms. The van der Waals surface area contributed by atoms with Gasteiger partial charge in [0, 0.05) is 42.8 Å². The zero-order valence-corrected chi connectivity index (χ0v) is 10.7. The van der Waals surface area contributed by atoms with Crippen molar-refractivity contribution in [2.24, 2.45) is 0 Å². The molecule has 1 aliphatic heterocycles. The lowest BCUT2D eigenvalue weighted by Crippen LogP contribution is -2.43. The van der Waals surface area contributed by atoms with Gasteiger partial charge >= 0.3 is 0 Å². The maximum Gasteiger partial charge on any atom is 0.227 e. The summed E-state index contributed by atoms with van der Waals surface area (Å²) in [7, 11) is 0. The molecule has 4 nitrogen and oxygen atoms in total. The molecule has 0 saturated carbocycles. The first-order valence-electron chi connectivity index (χ1n) is 6.01. The van der Waals surface area contributed by atoms with Crippen LogP contribution in [0.25, 0.3) is 11.3 Å². The minimum atomic E-state index is 0.726. The molecule has 0 spiro atoms. The van der Waals surface area contributed by atoms with Crippen LogP contribution in [0.5, 0.6) is 0 Å². The van der Waals surface area contributed by atoms with Gasteiger partial charge in [0.05, 0.1) is 0 Å². The molecule has 1 aromatic carbocycles. The quantitative estimate of drug-likeness (QED) is 0.903.